The van der Waals surface area contributed by atoms with Crippen LogP contribution < -0.4 is 16.0 Å². The number of hydrogen-bond acceptors (Lipinski definition) is 8. The van der Waals surface area contributed by atoms with Gasteiger partial charge in [0.1, 0.15) is 6.10 Å². The number of aliphatic carboxylic acids is 1. The molecule has 7 rings (SSSR count). The van der Waals surface area contributed by atoms with Crippen molar-refractivity contribution in [3.05, 3.63) is 51.6 Å². The number of ether oxygens (including phenoxy) is 2. The van der Waals surface area contributed by atoms with E-state index in [1.54, 1.807) is 44.0 Å². The number of methoxy groups -OCH3 is 1. The van der Waals surface area contributed by atoms with Crippen LogP contribution in [-0.2, 0) is 31.1 Å². The van der Waals surface area contributed by atoms with E-state index in [4.69, 9.17) is 15.2 Å². The van der Waals surface area contributed by atoms with Crippen LogP contribution in [-0.4, -0.2) is 56.9 Å². The van der Waals surface area contributed by atoms with Gasteiger partial charge >= 0.3 is 11.9 Å². The molecule has 5 aliphatic carbocycles. The summed E-state index contributed by atoms with van der Waals surface area (Å²) >= 11 is 0. The first-order valence-electron chi connectivity index (χ1n) is 21.4. The third kappa shape index (κ3) is 6.01. The van der Waals surface area contributed by atoms with E-state index < -0.39 is 22.8 Å². The Labute approximate surface area is 338 Å². The fourth-order valence-corrected chi connectivity index (χ4v) is 13.9. The van der Waals surface area contributed by atoms with Crippen molar-refractivity contribution in [2.45, 2.75) is 145 Å². The highest BCUT2D eigenvalue weighted by atomic mass is 16.5. The van der Waals surface area contributed by atoms with E-state index >= 15 is 0 Å². The van der Waals surface area contributed by atoms with Gasteiger partial charge in [-0.05, 0) is 122 Å². The normalized spacial score (nSPS) is 34.6. The zero-order valence-electron chi connectivity index (χ0n) is 36.0. The molecule has 8 atom stereocenters. The third-order valence-electron chi connectivity index (χ3n) is 16.8. The minimum Gasteiger partial charge on any atom is -0.481 e. The fourth-order valence-electron chi connectivity index (χ4n) is 13.9. The molecular weight excluding hydrogens is 721 g/mol. The average molecular weight is 787 g/mol. The molecule has 0 radical (unpaired) electrons. The number of pyridine rings is 1. The number of aromatic nitrogens is 3. The van der Waals surface area contributed by atoms with Gasteiger partial charge in [-0.2, -0.15) is 0 Å². The average Bonchev–Trinajstić information content (AvgIpc) is 3.63. The van der Waals surface area contributed by atoms with Crippen molar-refractivity contribution in [2.24, 2.45) is 56.5 Å². The molecule has 11 nitrogen and oxygen atoms in total. The summed E-state index contributed by atoms with van der Waals surface area (Å²) in [5.41, 5.74) is 7.76. The minimum absolute atomic E-state index is 0.00319. The van der Waals surface area contributed by atoms with Crippen LogP contribution >= 0.6 is 0 Å². The lowest BCUT2D eigenvalue weighted by atomic mass is 9.33. The lowest BCUT2D eigenvalue weighted by molar-refractivity contribution is -0.232. The second kappa shape index (κ2) is 13.9. The Hall–Kier alpha value is -3.73. The Kier molecular flexibility index (Phi) is 10.1. The van der Waals surface area contributed by atoms with Crippen LogP contribution in [0.1, 0.15) is 132 Å². The highest BCUT2D eigenvalue weighted by molar-refractivity contribution is 6.01. The number of carboxylic acids is 1. The molecule has 0 aromatic carbocycles. The molecular formula is C46H66N4O7. The largest absolute Gasteiger partial charge is 0.481 e. The number of hydrogen-bond donors (Lipinski definition) is 2. The van der Waals surface area contributed by atoms with Gasteiger partial charge in [-0.15, -0.1) is 0 Å². The molecule has 2 aromatic heterocycles. The molecule has 0 spiro atoms. The number of nitrogens with zero attached hydrogens (tertiary/aromatic N) is 3. The van der Waals surface area contributed by atoms with Crippen LogP contribution in [0.5, 0.6) is 5.88 Å². The number of carbonyl (C=O) groups is 3. The number of Topliss-reactive ketones (excluding diaryl/α,β-unsaturated/α-hetero) is 1. The summed E-state index contributed by atoms with van der Waals surface area (Å²) in [4.78, 5) is 57.9. The number of ketones is 1. The van der Waals surface area contributed by atoms with Crippen LogP contribution in [0.25, 0.3) is 5.69 Å². The summed E-state index contributed by atoms with van der Waals surface area (Å²) < 4.78 is 15.2. The van der Waals surface area contributed by atoms with Crippen molar-refractivity contribution in [2.75, 3.05) is 13.7 Å². The molecule has 5 aliphatic rings. The molecule has 4 saturated carbocycles. The Balaban J connectivity index is 1.26. The lowest BCUT2D eigenvalue weighted by Crippen LogP contribution is -2.66. The van der Waals surface area contributed by atoms with Gasteiger partial charge in [-0.25, -0.2) is 9.67 Å². The van der Waals surface area contributed by atoms with E-state index in [1.165, 1.54) is 5.57 Å². The summed E-state index contributed by atoms with van der Waals surface area (Å²) in [6.07, 6.45) is 9.12. The van der Waals surface area contributed by atoms with Gasteiger partial charge in [0.25, 0.3) is 5.56 Å². The maximum atomic E-state index is 14.5. The molecule has 0 amide bonds. The number of fused-ring (bicyclic) bond motifs is 7. The summed E-state index contributed by atoms with van der Waals surface area (Å²) in [6.45, 7) is 20.3. The number of nitrogens with two attached hydrogens (primary N) is 1. The first-order valence-corrected chi connectivity index (χ1v) is 21.4. The Morgan fingerprint density at radius 2 is 1.70 bits per heavy atom. The van der Waals surface area contributed by atoms with E-state index in [2.05, 4.69) is 53.5 Å². The zero-order valence-corrected chi connectivity index (χ0v) is 36.0. The summed E-state index contributed by atoms with van der Waals surface area (Å²) in [5, 5.41) is 9.65. The van der Waals surface area contributed by atoms with Crippen LogP contribution in [0.2, 0.25) is 0 Å². The molecule has 4 fully saturated rings. The SMILES string of the molecule is COc1ccc(-n2c(=O)cc([C@@]34CC[C@]5(C)[C@H](CC[C@@H]6[C@@]7(C)CC[C@H](OC(=O)CC(C)(C)C(=O)O)C(C)(C)[C@@H]7CC[C@]65C)C3=C(C(C)C)C(=O)C4)n2CCN)cn1. The molecule has 0 bridgehead atoms. The molecule has 2 heterocycles. The van der Waals surface area contributed by atoms with Gasteiger partial charge in [0, 0.05) is 35.9 Å². The van der Waals surface area contributed by atoms with E-state index in [-0.39, 0.29) is 57.4 Å². The quantitative estimate of drug-likeness (QED) is 0.231. The summed E-state index contributed by atoms with van der Waals surface area (Å²) in [6, 6.07) is 5.37. The molecule has 0 unspecified atom stereocenters. The summed E-state index contributed by atoms with van der Waals surface area (Å²) in [7, 11) is 1.57. The first kappa shape index (κ1) is 41.4. The highest BCUT2D eigenvalue weighted by Gasteiger charge is 2.70. The zero-order chi connectivity index (χ0) is 41.7. The Morgan fingerprint density at radius 3 is 2.32 bits per heavy atom. The standard InChI is InChI=1S/C46H66N4O7/c1-27(2)38-30(51)24-46(33-23-36(52)50(49(33)22-21-47)28-11-14-35(56-10)48-26-28)20-19-44(8)29(39(38)46)12-13-32-43(7)17-16-34(57-37(53)25-41(3,4)40(54)55)42(5,6)31(43)15-18-45(32,44)9/h11,14,23,26-27,29,31-32,34H,12-13,15-22,24-25,47H2,1-10H3,(H,54,55)/t29-,31+,32-,34+,43+,44-,45-,46+/m1/s1. The van der Waals surface area contributed by atoms with Crippen LogP contribution in [0, 0.1) is 50.7 Å². The van der Waals surface area contributed by atoms with Gasteiger partial charge < -0.3 is 20.3 Å². The van der Waals surface area contributed by atoms with E-state index in [0.717, 1.165) is 62.6 Å². The van der Waals surface area contributed by atoms with Crippen molar-refractivity contribution in [3.8, 4) is 11.6 Å². The van der Waals surface area contributed by atoms with Crippen LogP contribution in [0.4, 0.5) is 0 Å². The number of carbonyl (C=O) groups excluding carboxylic acids is 2. The number of esters is 1. The second-order valence-corrected chi connectivity index (χ2v) is 20.6. The van der Waals surface area contributed by atoms with Crippen molar-refractivity contribution >= 4 is 17.7 Å². The third-order valence-corrected chi connectivity index (χ3v) is 16.8. The smallest absolute Gasteiger partial charge is 0.309 e. The van der Waals surface area contributed by atoms with Gasteiger partial charge in [0.2, 0.25) is 5.88 Å². The number of allylic oxidation sites excluding steroid dienone is 2. The molecule has 11 heteroatoms. The number of carboxylic acid groups (broad SMARTS) is 1. The minimum atomic E-state index is -1.18. The predicted octanol–water partition coefficient (Wildman–Crippen LogP) is 7.65. The Morgan fingerprint density at radius 1 is 0.982 bits per heavy atom. The van der Waals surface area contributed by atoms with Crippen LogP contribution in [0.3, 0.4) is 0 Å². The van der Waals surface area contributed by atoms with Crippen molar-refractivity contribution < 1.29 is 29.0 Å². The van der Waals surface area contributed by atoms with E-state index in [1.807, 2.05) is 10.7 Å². The predicted molar refractivity (Wildman–Crippen MR) is 218 cm³/mol. The van der Waals surface area contributed by atoms with Gasteiger partial charge in [0.05, 0.1) is 43.1 Å². The van der Waals surface area contributed by atoms with Gasteiger partial charge in [0.15, 0.2) is 5.78 Å². The molecule has 2 aromatic rings. The first-order chi connectivity index (χ1) is 26.6. The monoisotopic (exact) mass is 786 g/mol. The fraction of sp³-hybridized carbons (Fsp3) is 0.717. The molecule has 0 aliphatic heterocycles. The topological polar surface area (TPSA) is 156 Å². The lowest BCUT2D eigenvalue weighted by Gasteiger charge is -2.72. The maximum Gasteiger partial charge on any atom is 0.309 e. The highest BCUT2D eigenvalue weighted by Crippen LogP contribution is 2.77. The second-order valence-electron chi connectivity index (χ2n) is 20.6. The van der Waals surface area contributed by atoms with Crippen molar-refractivity contribution in [1.82, 2.24) is 14.3 Å². The molecule has 3 N–H and O–H groups in total. The van der Waals surface area contributed by atoms with Gasteiger partial charge in [-0.1, -0.05) is 48.5 Å². The Bertz CT molecular complexity index is 2040. The summed E-state index contributed by atoms with van der Waals surface area (Å²) in [5.74, 6) is 0.255. The number of rotatable bonds is 10. The van der Waals surface area contributed by atoms with Crippen molar-refractivity contribution in [3.63, 3.8) is 0 Å². The molecule has 57 heavy (non-hydrogen) atoms. The molecule has 312 valence electrons. The van der Waals surface area contributed by atoms with E-state index in [0.29, 0.717) is 42.9 Å². The maximum absolute atomic E-state index is 14.5. The van der Waals surface area contributed by atoms with E-state index in [9.17, 15) is 24.3 Å². The molecule has 0 saturated heterocycles. The van der Waals surface area contributed by atoms with Crippen LogP contribution in [0.15, 0.2) is 40.3 Å². The van der Waals surface area contributed by atoms with Crippen molar-refractivity contribution in [1.29, 1.82) is 0 Å². The van der Waals surface area contributed by atoms with Gasteiger partial charge in [-0.3, -0.25) is 23.9 Å².